The molecule has 3 saturated heterocycles. The van der Waals surface area contributed by atoms with Gasteiger partial charge in [0.05, 0.1) is 18.1 Å². The van der Waals surface area contributed by atoms with Crippen LogP contribution in [-0.2, 0) is 4.74 Å². The van der Waals surface area contributed by atoms with Crippen LogP contribution < -0.4 is 10.6 Å². The number of nitrogens with zero attached hydrogens (tertiary/aromatic N) is 1. The lowest BCUT2D eigenvalue weighted by molar-refractivity contribution is 0.0306. The Kier molecular flexibility index (Phi) is 4.38. The summed E-state index contributed by atoms with van der Waals surface area (Å²) in [5.74, 6) is 0.0317. The Morgan fingerprint density at radius 3 is 2.78 bits per heavy atom. The minimum Gasteiger partial charge on any atom is -0.378 e. The van der Waals surface area contributed by atoms with Crippen LogP contribution in [0.2, 0.25) is 0 Å². The third kappa shape index (κ3) is 3.24. The second kappa shape index (κ2) is 6.89. The quantitative estimate of drug-likeness (QED) is 0.848. The van der Waals surface area contributed by atoms with Crippen LogP contribution >= 0.6 is 11.3 Å². The van der Waals surface area contributed by atoms with E-state index in [-0.39, 0.29) is 17.9 Å². The molecule has 4 heterocycles. The van der Waals surface area contributed by atoms with Crippen molar-refractivity contribution in [2.24, 2.45) is 0 Å². The molecular formula is C20H23N3O3S. The highest BCUT2D eigenvalue weighted by Crippen LogP contribution is 2.30. The molecule has 2 N–H and O–H groups in total. The highest BCUT2D eigenvalue weighted by atomic mass is 32.1. The molecule has 142 valence electrons. The van der Waals surface area contributed by atoms with Gasteiger partial charge in [0.25, 0.3) is 11.8 Å². The van der Waals surface area contributed by atoms with Crippen molar-refractivity contribution in [3.05, 3.63) is 34.7 Å². The zero-order valence-corrected chi connectivity index (χ0v) is 15.9. The highest BCUT2D eigenvalue weighted by molar-refractivity contribution is 7.20. The van der Waals surface area contributed by atoms with E-state index in [1.165, 1.54) is 17.8 Å². The zero-order valence-electron chi connectivity index (χ0n) is 15.1. The zero-order chi connectivity index (χ0) is 18.4. The Labute approximate surface area is 161 Å². The number of rotatable bonds is 3. The summed E-state index contributed by atoms with van der Waals surface area (Å²) in [6, 6.07) is 8.85. The maximum absolute atomic E-state index is 12.7. The topological polar surface area (TPSA) is 70.7 Å². The second-order valence-electron chi connectivity index (χ2n) is 7.63. The van der Waals surface area contributed by atoms with E-state index >= 15 is 0 Å². The van der Waals surface area contributed by atoms with Gasteiger partial charge in [0.15, 0.2) is 0 Å². The van der Waals surface area contributed by atoms with Crippen molar-refractivity contribution in [2.45, 2.75) is 37.4 Å². The third-order valence-corrected chi connectivity index (χ3v) is 6.99. The lowest BCUT2D eigenvalue weighted by Gasteiger charge is -2.26. The standard InChI is InChI=1S/C20H23N3O3S/c24-19(22-16-11-14-3-4-15(16)21-14)13-2-1-12-9-18(27-17(12)10-13)20(25)23-5-7-26-8-6-23/h1-2,9-10,14-16,21H,3-8,11H2,(H,22,24)/t14-,15+,16-/m1/s1. The molecule has 3 fully saturated rings. The molecule has 6 nitrogen and oxygen atoms in total. The predicted molar refractivity (Wildman–Crippen MR) is 104 cm³/mol. The molecular weight excluding hydrogens is 362 g/mol. The lowest BCUT2D eigenvalue weighted by atomic mass is 9.95. The number of carbonyl (C=O) groups excluding carboxylic acids is 2. The molecule has 2 bridgehead atoms. The number of benzene rings is 1. The lowest BCUT2D eigenvalue weighted by Crippen LogP contribution is -2.42. The van der Waals surface area contributed by atoms with Crippen molar-refractivity contribution >= 4 is 33.2 Å². The molecule has 2 aromatic rings. The van der Waals surface area contributed by atoms with Crippen molar-refractivity contribution in [3.63, 3.8) is 0 Å². The van der Waals surface area contributed by atoms with Gasteiger partial charge in [-0.15, -0.1) is 11.3 Å². The molecule has 0 aliphatic carbocycles. The van der Waals surface area contributed by atoms with E-state index in [0.717, 1.165) is 27.8 Å². The van der Waals surface area contributed by atoms with Gasteiger partial charge < -0.3 is 20.3 Å². The average molecular weight is 385 g/mol. The minimum atomic E-state index is -0.0225. The van der Waals surface area contributed by atoms with Crippen LogP contribution in [0.15, 0.2) is 24.3 Å². The monoisotopic (exact) mass is 385 g/mol. The molecule has 27 heavy (non-hydrogen) atoms. The maximum Gasteiger partial charge on any atom is 0.264 e. The van der Waals surface area contributed by atoms with Crippen molar-refractivity contribution in [1.82, 2.24) is 15.5 Å². The Morgan fingerprint density at radius 2 is 2.04 bits per heavy atom. The van der Waals surface area contributed by atoms with Gasteiger partial charge in [0.2, 0.25) is 0 Å². The molecule has 5 rings (SSSR count). The number of nitrogens with one attached hydrogen (secondary N) is 2. The summed E-state index contributed by atoms with van der Waals surface area (Å²) < 4.78 is 6.30. The molecule has 3 aliphatic rings. The summed E-state index contributed by atoms with van der Waals surface area (Å²) in [4.78, 5) is 27.9. The van der Waals surface area contributed by atoms with Crippen LogP contribution in [0.5, 0.6) is 0 Å². The average Bonchev–Trinajstić information content (AvgIpc) is 3.42. The molecule has 1 aromatic heterocycles. The molecule has 2 amide bonds. The van der Waals surface area contributed by atoms with Crippen molar-refractivity contribution in [3.8, 4) is 0 Å². The first-order valence-electron chi connectivity index (χ1n) is 9.65. The van der Waals surface area contributed by atoms with Gasteiger partial charge >= 0.3 is 0 Å². The number of hydrogen-bond acceptors (Lipinski definition) is 5. The van der Waals surface area contributed by atoms with E-state index in [9.17, 15) is 9.59 Å². The Hall–Kier alpha value is -1.96. The summed E-state index contributed by atoms with van der Waals surface area (Å²) in [5.41, 5.74) is 0.664. The normalized spacial score (nSPS) is 27.3. The Bertz CT molecular complexity index is 890. The smallest absolute Gasteiger partial charge is 0.264 e. The van der Waals surface area contributed by atoms with Gasteiger partial charge in [0.1, 0.15) is 0 Å². The summed E-state index contributed by atoms with van der Waals surface area (Å²) >= 11 is 1.46. The first kappa shape index (κ1) is 17.2. The highest BCUT2D eigenvalue weighted by Gasteiger charge is 2.39. The molecule has 0 unspecified atom stereocenters. The fourth-order valence-corrected chi connectivity index (χ4v) is 5.51. The minimum absolute atomic E-state index is 0.0225. The van der Waals surface area contributed by atoms with Crippen LogP contribution in [-0.4, -0.2) is 61.1 Å². The number of ether oxygens (including phenoxy) is 1. The van der Waals surface area contributed by atoms with Crippen LogP contribution in [0.3, 0.4) is 0 Å². The number of morpholine rings is 1. The number of thiophene rings is 1. The van der Waals surface area contributed by atoms with E-state index in [0.29, 0.717) is 44.0 Å². The molecule has 0 saturated carbocycles. The van der Waals surface area contributed by atoms with Crippen molar-refractivity contribution in [1.29, 1.82) is 0 Å². The van der Waals surface area contributed by atoms with E-state index in [1.807, 2.05) is 29.2 Å². The first-order chi connectivity index (χ1) is 13.2. The van der Waals surface area contributed by atoms with Crippen LogP contribution in [0.25, 0.3) is 10.1 Å². The maximum atomic E-state index is 12.7. The number of amides is 2. The number of hydrogen-bond donors (Lipinski definition) is 2. The molecule has 1 aromatic carbocycles. The van der Waals surface area contributed by atoms with Crippen LogP contribution in [0, 0.1) is 0 Å². The molecule has 3 atom stereocenters. The largest absolute Gasteiger partial charge is 0.378 e. The third-order valence-electron chi connectivity index (χ3n) is 5.91. The summed E-state index contributed by atoms with van der Waals surface area (Å²) in [6.45, 7) is 2.47. The van der Waals surface area contributed by atoms with Gasteiger partial charge in [-0.05, 0) is 42.8 Å². The van der Waals surface area contributed by atoms with Gasteiger partial charge in [-0.25, -0.2) is 0 Å². The van der Waals surface area contributed by atoms with Gasteiger partial charge in [0, 0.05) is 41.5 Å². The van der Waals surface area contributed by atoms with Crippen molar-refractivity contribution < 1.29 is 14.3 Å². The summed E-state index contributed by atoms with van der Waals surface area (Å²) in [7, 11) is 0. The summed E-state index contributed by atoms with van der Waals surface area (Å²) in [6.07, 6.45) is 3.39. The van der Waals surface area contributed by atoms with E-state index in [2.05, 4.69) is 10.6 Å². The van der Waals surface area contributed by atoms with E-state index in [4.69, 9.17) is 4.74 Å². The Balaban J connectivity index is 1.32. The number of carbonyl (C=O) groups is 2. The molecule has 3 aliphatic heterocycles. The fourth-order valence-electron chi connectivity index (χ4n) is 4.44. The van der Waals surface area contributed by atoms with E-state index in [1.54, 1.807) is 0 Å². The first-order valence-corrected chi connectivity index (χ1v) is 10.5. The molecule has 0 radical (unpaired) electrons. The van der Waals surface area contributed by atoms with Crippen LogP contribution in [0.4, 0.5) is 0 Å². The second-order valence-corrected chi connectivity index (χ2v) is 8.71. The fraction of sp³-hybridized carbons (Fsp3) is 0.500. The number of fused-ring (bicyclic) bond motifs is 3. The van der Waals surface area contributed by atoms with Gasteiger partial charge in [-0.2, -0.15) is 0 Å². The van der Waals surface area contributed by atoms with E-state index < -0.39 is 0 Å². The van der Waals surface area contributed by atoms with Crippen molar-refractivity contribution in [2.75, 3.05) is 26.3 Å². The predicted octanol–water partition coefficient (Wildman–Crippen LogP) is 2.00. The SMILES string of the molecule is O=C(N[C@@H]1C[C@H]2CC[C@@H]1N2)c1ccc2cc(C(=O)N3CCOCC3)sc2c1. The molecule has 7 heteroatoms. The summed E-state index contributed by atoms with van der Waals surface area (Å²) in [5, 5.41) is 7.74. The van der Waals surface area contributed by atoms with Gasteiger partial charge in [-0.1, -0.05) is 6.07 Å². The van der Waals surface area contributed by atoms with Gasteiger partial charge in [-0.3, -0.25) is 9.59 Å². The Morgan fingerprint density at radius 1 is 1.19 bits per heavy atom. The van der Waals surface area contributed by atoms with Crippen LogP contribution in [0.1, 0.15) is 39.3 Å². The molecule has 0 spiro atoms.